The highest BCUT2D eigenvalue weighted by Gasteiger charge is 2.37. The number of hydrogen-bond donors (Lipinski definition) is 1. The van der Waals surface area contributed by atoms with Crippen molar-refractivity contribution in [2.24, 2.45) is 0 Å². The van der Waals surface area contributed by atoms with E-state index in [1.54, 1.807) is 0 Å². The van der Waals surface area contributed by atoms with Crippen LogP contribution in [0.4, 0.5) is 0 Å². The summed E-state index contributed by atoms with van der Waals surface area (Å²) in [6.07, 6.45) is 12.5. The fourth-order valence-electron chi connectivity index (χ4n) is 2.58. The number of rotatable bonds is 12. The first-order chi connectivity index (χ1) is 9.27. The lowest BCUT2D eigenvalue weighted by atomic mass is 9.96. The minimum absolute atomic E-state index is 0.0394. The molecule has 0 saturated heterocycles. The quantitative estimate of drug-likeness (QED) is 0.556. The smallest absolute Gasteiger partial charge is 0.154 e. The summed E-state index contributed by atoms with van der Waals surface area (Å²) in [5.74, 6) is 0. The Bertz CT molecular complexity index is 336. The van der Waals surface area contributed by atoms with Crippen LogP contribution in [0.15, 0.2) is 0 Å². The third-order valence-corrected chi connectivity index (χ3v) is 6.69. The van der Waals surface area contributed by atoms with Crippen molar-refractivity contribution in [2.45, 2.75) is 89.3 Å². The molecule has 0 heterocycles. The van der Waals surface area contributed by atoms with Crippen LogP contribution in [0.3, 0.4) is 0 Å². The van der Waals surface area contributed by atoms with E-state index >= 15 is 0 Å². The first-order valence-electron chi connectivity index (χ1n) is 8.14. The third kappa shape index (κ3) is 7.07. The number of hydrogen-bond acceptors (Lipinski definition) is 3. The summed E-state index contributed by atoms with van der Waals surface area (Å²) < 4.78 is 23.0. The lowest BCUT2D eigenvalue weighted by Gasteiger charge is -2.32. The second-order valence-electron chi connectivity index (χ2n) is 6.48. The molecule has 0 aromatic rings. The SMILES string of the molecule is CCCCCCCCCCC(NC)C(C)(C)S(C)(=O)=O. The summed E-state index contributed by atoms with van der Waals surface area (Å²) in [6.45, 7) is 5.89. The standard InChI is InChI=1S/C16H35NO2S/c1-6-7-8-9-10-11-12-13-14-15(17-4)16(2,3)20(5,18)19/h15,17H,6-14H2,1-5H3. The molecule has 4 heteroatoms. The van der Waals surface area contributed by atoms with Crippen LogP contribution in [0.2, 0.25) is 0 Å². The van der Waals surface area contributed by atoms with Crippen molar-refractivity contribution in [3.63, 3.8) is 0 Å². The highest BCUT2D eigenvalue weighted by Crippen LogP contribution is 2.24. The molecule has 0 rings (SSSR count). The molecule has 0 aliphatic rings. The summed E-state index contributed by atoms with van der Waals surface area (Å²) in [6, 6.07) is 0.0394. The average Bonchev–Trinajstić information content (AvgIpc) is 2.35. The molecule has 0 fully saturated rings. The maximum Gasteiger partial charge on any atom is 0.154 e. The molecule has 1 unspecified atom stereocenters. The highest BCUT2D eigenvalue weighted by atomic mass is 32.2. The van der Waals surface area contributed by atoms with Crippen LogP contribution < -0.4 is 5.32 Å². The van der Waals surface area contributed by atoms with Gasteiger partial charge in [-0.15, -0.1) is 0 Å². The molecule has 0 amide bonds. The molecule has 0 bridgehead atoms. The normalized spacial score (nSPS) is 14.4. The fourth-order valence-corrected chi connectivity index (χ4v) is 3.33. The van der Waals surface area contributed by atoms with Crippen molar-refractivity contribution < 1.29 is 8.42 Å². The molecule has 0 radical (unpaired) electrons. The van der Waals surface area contributed by atoms with E-state index in [2.05, 4.69) is 12.2 Å². The van der Waals surface area contributed by atoms with Crippen LogP contribution in [0.1, 0.15) is 78.6 Å². The van der Waals surface area contributed by atoms with Gasteiger partial charge in [0.15, 0.2) is 9.84 Å². The zero-order valence-electron chi connectivity index (χ0n) is 14.2. The van der Waals surface area contributed by atoms with E-state index in [1.165, 1.54) is 51.2 Å². The minimum atomic E-state index is -3.03. The Hall–Kier alpha value is -0.0900. The summed E-state index contributed by atoms with van der Waals surface area (Å²) in [5.41, 5.74) is 0. The molecule has 0 aromatic carbocycles. The Balaban J connectivity index is 3.92. The fraction of sp³-hybridized carbons (Fsp3) is 1.00. The van der Waals surface area contributed by atoms with E-state index in [9.17, 15) is 8.42 Å². The van der Waals surface area contributed by atoms with Crippen LogP contribution in [0.25, 0.3) is 0 Å². The number of sulfone groups is 1. The second kappa shape index (κ2) is 9.78. The predicted octanol–water partition coefficient (Wildman–Crippen LogP) is 3.93. The van der Waals surface area contributed by atoms with Crippen LogP contribution >= 0.6 is 0 Å². The molecule has 0 spiro atoms. The zero-order valence-corrected chi connectivity index (χ0v) is 15.0. The van der Waals surface area contributed by atoms with E-state index in [-0.39, 0.29) is 6.04 Å². The topological polar surface area (TPSA) is 46.2 Å². The largest absolute Gasteiger partial charge is 0.315 e. The van der Waals surface area contributed by atoms with Crippen molar-refractivity contribution in [2.75, 3.05) is 13.3 Å². The van der Waals surface area contributed by atoms with E-state index in [1.807, 2.05) is 20.9 Å². The lowest BCUT2D eigenvalue weighted by molar-refractivity contribution is 0.395. The lowest BCUT2D eigenvalue weighted by Crippen LogP contribution is -2.50. The van der Waals surface area contributed by atoms with Gasteiger partial charge in [-0.05, 0) is 27.3 Å². The predicted molar refractivity (Wildman–Crippen MR) is 89.0 cm³/mol. The summed E-state index contributed by atoms with van der Waals surface area (Å²) >= 11 is 0. The maximum atomic E-state index is 11.8. The van der Waals surface area contributed by atoms with Gasteiger partial charge in [0.2, 0.25) is 0 Å². The van der Waals surface area contributed by atoms with E-state index < -0.39 is 14.6 Å². The van der Waals surface area contributed by atoms with Gasteiger partial charge >= 0.3 is 0 Å². The molecule has 0 aromatic heterocycles. The van der Waals surface area contributed by atoms with Gasteiger partial charge in [-0.25, -0.2) is 8.42 Å². The van der Waals surface area contributed by atoms with E-state index in [4.69, 9.17) is 0 Å². The molecule has 1 atom stereocenters. The van der Waals surface area contributed by atoms with E-state index in [0.717, 1.165) is 12.8 Å². The monoisotopic (exact) mass is 305 g/mol. The van der Waals surface area contributed by atoms with Gasteiger partial charge in [0, 0.05) is 12.3 Å². The van der Waals surface area contributed by atoms with Gasteiger partial charge < -0.3 is 5.32 Å². The zero-order chi connectivity index (χ0) is 15.6. The van der Waals surface area contributed by atoms with E-state index in [0.29, 0.717) is 0 Å². The third-order valence-electron chi connectivity index (χ3n) is 4.49. The van der Waals surface area contributed by atoms with Gasteiger partial charge in [-0.2, -0.15) is 0 Å². The Morgan fingerprint density at radius 3 is 1.80 bits per heavy atom. The molecule has 1 N–H and O–H groups in total. The van der Waals surface area contributed by atoms with Crippen LogP contribution in [-0.4, -0.2) is 32.5 Å². The van der Waals surface area contributed by atoms with Crippen molar-refractivity contribution in [1.29, 1.82) is 0 Å². The summed E-state index contributed by atoms with van der Waals surface area (Å²) in [5, 5.41) is 3.19. The Morgan fingerprint density at radius 1 is 0.950 bits per heavy atom. The van der Waals surface area contributed by atoms with Crippen LogP contribution in [0.5, 0.6) is 0 Å². The first-order valence-corrected chi connectivity index (χ1v) is 10.0. The molecule has 0 saturated carbocycles. The van der Waals surface area contributed by atoms with Gasteiger partial charge in [0.05, 0.1) is 4.75 Å². The molecule has 0 aliphatic heterocycles. The molecule has 122 valence electrons. The van der Waals surface area contributed by atoms with Crippen molar-refractivity contribution >= 4 is 9.84 Å². The number of nitrogens with one attached hydrogen (secondary N) is 1. The van der Waals surface area contributed by atoms with Gasteiger partial charge in [0.25, 0.3) is 0 Å². The number of unbranched alkanes of at least 4 members (excludes halogenated alkanes) is 7. The highest BCUT2D eigenvalue weighted by molar-refractivity contribution is 7.92. The van der Waals surface area contributed by atoms with Crippen LogP contribution in [0, 0.1) is 0 Å². The van der Waals surface area contributed by atoms with Gasteiger partial charge in [-0.3, -0.25) is 0 Å². The molecule has 20 heavy (non-hydrogen) atoms. The van der Waals surface area contributed by atoms with Crippen molar-refractivity contribution in [3.05, 3.63) is 0 Å². The summed E-state index contributed by atoms with van der Waals surface area (Å²) in [7, 11) is -1.17. The first kappa shape index (κ1) is 19.9. The van der Waals surface area contributed by atoms with Crippen molar-refractivity contribution in [1.82, 2.24) is 5.32 Å². The Morgan fingerprint density at radius 2 is 1.40 bits per heavy atom. The second-order valence-corrected chi connectivity index (χ2v) is 9.08. The average molecular weight is 306 g/mol. The van der Waals surface area contributed by atoms with Crippen LogP contribution in [-0.2, 0) is 9.84 Å². The molecular formula is C16H35NO2S. The van der Waals surface area contributed by atoms with Gasteiger partial charge in [0.1, 0.15) is 0 Å². The van der Waals surface area contributed by atoms with Crippen molar-refractivity contribution in [3.8, 4) is 0 Å². The molecule has 0 aliphatic carbocycles. The summed E-state index contributed by atoms with van der Waals surface area (Å²) in [4.78, 5) is 0. The molecule has 3 nitrogen and oxygen atoms in total. The van der Waals surface area contributed by atoms with Gasteiger partial charge in [-0.1, -0.05) is 58.3 Å². The maximum absolute atomic E-state index is 11.8. The molecular weight excluding hydrogens is 270 g/mol. The minimum Gasteiger partial charge on any atom is -0.315 e. The Kier molecular flexibility index (Phi) is 9.73. The Labute approximate surface area is 126 Å².